The van der Waals surface area contributed by atoms with Crippen molar-refractivity contribution in [1.82, 2.24) is 10.6 Å². The van der Waals surface area contributed by atoms with Gasteiger partial charge < -0.3 is 16.0 Å². The van der Waals surface area contributed by atoms with Gasteiger partial charge in [-0.25, -0.2) is 0 Å². The average Bonchev–Trinajstić information content (AvgIpc) is 2.47. The molecule has 110 valence electrons. The third-order valence-corrected chi connectivity index (χ3v) is 3.87. The summed E-state index contributed by atoms with van der Waals surface area (Å²) in [7, 11) is 0. The van der Waals surface area contributed by atoms with E-state index in [9.17, 15) is 4.79 Å². The first-order valence-electron chi connectivity index (χ1n) is 7.54. The molecule has 0 radical (unpaired) electrons. The van der Waals surface area contributed by atoms with Gasteiger partial charge in [0.15, 0.2) is 0 Å². The summed E-state index contributed by atoms with van der Waals surface area (Å²) in [4.78, 5) is 11.8. The predicted molar refractivity (Wildman–Crippen MR) is 83.3 cm³/mol. The van der Waals surface area contributed by atoms with Crippen LogP contribution in [0.4, 0.5) is 5.69 Å². The van der Waals surface area contributed by atoms with E-state index in [2.05, 4.69) is 16.0 Å². The fourth-order valence-electron chi connectivity index (χ4n) is 2.61. The molecule has 1 aliphatic rings. The molecule has 4 nitrogen and oxygen atoms in total. The highest BCUT2D eigenvalue weighted by Crippen LogP contribution is 2.19. The summed E-state index contributed by atoms with van der Waals surface area (Å²) in [6, 6.07) is 5.86. The van der Waals surface area contributed by atoms with Crippen LogP contribution in [0.3, 0.4) is 0 Å². The Morgan fingerprint density at radius 2 is 2.10 bits per heavy atom. The Balaban J connectivity index is 1.93. The second-order valence-electron chi connectivity index (χ2n) is 5.46. The van der Waals surface area contributed by atoms with E-state index < -0.39 is 0 Å². The number of hydrogen-bond acceptors (Lipinski definition) is 3. The lowest BCUT2D eigenvalue weighted by molar-refractivity contribution is 0.0956. The van der Waals surface area contributed by atoms with Crippen LogP contribution in [0.2, 0.25) is 0 Å². The quantitative estimate of drug-likeness (QED) is 0.772. The normalized spacial score (nSPS) is 15.9. The van der Waals surface area contributed by atoms with Crippen molar-refractivity contribution in [2.45, 2.75) is 26.7 Å². The van der Waals surface area contributed by atoms with Crippen molar-refractivity contribution < 1.29 is 4.79 Å². The first kappa shape index (κ1) is 14.9. The van der Waals surface area contributed by atoms with E-state index in [1.807, 2.05) is 32.0 Å². The van der Waals surface area contributed by atoms with Gasteiger partial charge in [-0.15, -0.1) is 0 Å². The molecule has 1 saturated heterocycles. The van der Waals surface area contributed by atoms with Crippen molar-refractivity contribution in [3.63, 3.8) is 0 Å². The zero-order chi connectivity index (χ0) is 14.4. The zero-order valence-corrected chi connectivity index (χ0v) is 12.5. The number of aryl methyl sites for hydroxylation is 1. The maximum Gasteiger partial charge on any atom is 0.251 e. The number of rotatable bonds is 5. The molecule has 0 bridgehead atoms. The van der Waals surface area contributed by atoms with Crippen molar-refractivity contribution >= 4 is 11.6 Å². The van der Waals surface area contributed by atoms with Crippen LogP contribution >= 0.6 is 0 Å². The maximum absolute atomic E-state index is 11.8. The van der Waals surface area contributed by atoms with E-state index >= 15 is 0 Å². The Labute approximate surface area is 121 Å². The van der Waals surface area contributed by atoms with Crippen molar-refractivity contribution in [3.05, 3.63) is 29.3 Å². The lowest BCUT2D eigenvalue weighted by Gasteiger charge is -2.23. The summed E-state index contributed by atoms with van der Waals surface area (Å²) in [6.07, 6.45) is 2.48. The molecule has 1 heterocycles. The number of carbonyl (C=O) groups excluding carboxylic acids is 1. The summed E-state index contributed by atoms with van der Waals surface area (Å²) in [6.45, 7) is 7.91. The molecule has 0 saturated carbocycles. The molecule has 1 aliphatic heterocycles. The molecule has 20 heavy (non-hydrogen) atoms. The van der Waals surface area contributed by atoms with Crippen LogP contribution in [0, 0.1) is 12.8 Å². The minimum Gasteiger partial charge on any atom is -0.385 e. The highest BCUT2D eigenvalue weighted by molar-refractivity contribution is 5.94. The molecule has 1 aromatic carbocycles. The summed E-state index contributed by atoms with van der Waals surface area (Å²) in [5, 5.41) is 9.73. The van der Waals surface area contributed by atoms with E-state index in [0.717, 1.165) is 42.4 Å². The van der Waals surface area contributed by atoms with Crippen molar-refractivity contribution in [3.8, 4) is 0 Å². The number of anilines is 1. The summed E-state index contributed by atoms with van der Waals surface area (Å²) >= 11 is 0. The molecule has 1 amide bonds. The van der Waals surface area contributed by atoms with Crippen molar-refractivity contribution in [1.29, 1.82) is 0 Å². The summed E-state index contributed by atoms with van der Waals surface area (Å²) in [5.41, 5.74) is 3.00. The first-order valence-corrected chi connectivity index (χ1v) is 7.54. The number of nitrogens with one attached hydrogen (secondary N) is 3. The van der Waals surface area contributed by atoms with Gasteiger partial charge in [-0.3, -0.25) is 4.79 Å². The smallest absolute Gasteiger partial charge is 0.251 e. The van der Waals surface area contributed by atoms with E-state index in [4.69, 9.17) is 0 Å². The van der Waals surface area contributed by atoms with Crippen LogP contribution in [-0.4, -0.2) is 32.1 Å². The SMILES string of the molecule is CCNC(=O)c1ccc(NCC2CCNCC2)c(C)c1. The lowest BCUT2D eigenvalue weighted by atomic mass is 9.98. The largest absolute Gasteiger partial charge is 0.385 e. The second-order valence-corrected chi connectivity index (χ2v) is 5.46. The minimum absolute atomic E-state index is 0.000467. The molecule has 0 aromatic heterocycles. The van der Waals surface area contributed by atoms with Gasteiger partial charge in [0.25, 0.3) is 5.91 Å². The predicted octanol–water partition coefficient (Wildman–Crippen LogP) is 2.16. The highest BCUT2D eigenvalue weighted by Gasteiger charge is 2.13. The average molecular weight is 275 g/mol. The number of carbonyl (C=O) groups is 1. The van der Waals surface area contributed by atoms with Crippen LogP contribution in [0.1, 0.15) is 35.7 Å². The number of hydrogen-bond donors (Lipinski definition) is 3. The lowest BCUT2D eigenvalue weighted by Crippen LogP contribution is -2.31. The van der Waals surface area contributed by atoms with Crippen LogP contribution in [0.15, 0.2) is 18.2 Å². The Morgan fingerprint density at radius 3 is 2.75 bits per heavy atom. The standard InChI is InChI=1S/C16H25N3O/c1-3-18-16(20)14-4-5-15(12(2)10-14)19-11-13-6-8-17-9-7-13/h4-5,10,13,17,19H,3,6-9,11H2,1-2H3,(H,18,20). The number of amides is 1. The third-order valence-electron chi connectivity index (χ3n) is 3.87. The molecule has 0 atom stereocenters. The fraction of sp³-hybridized carbons (Fsp3) is 0.562. The molecule has 1 fully saturated rings. The van der Waals surface area contributed by atoms with Crippen molar-refractivity contribution in [2.75, 3.05) is 31.5 Å². The number of benzene rings is 1. The Bertz CT molecular complexity index is 453. The second kappa shape index (κ2) is 7.29. The van der Waals surface area contributed by atoms with Gasteiger partial charge in [-0.2, -0.15) is 0 Å². The van der Waals surface area contributed by atoms with Gasteiger partial charge in [0.05, 0.1) is 0 Å². The van der Waals surface area contributed by atoms with Crippen molar-refractivity contribution in [2.24, 2.45) is 5.92 Å². The molecule has 0 aliphatic carbocycles. The van der Waals surface area contributed by atoms with Gasteiger partial charge >= 0.3 is 0 Å². The first-order chi connectivity index (χ1) is 9.70. The molecule has 1 aromatic rings. The minimum atomic E-state index is 0.000467. The van der Waals surface area contributed by atoms with Gasteiger partial charge in [0, 0.05) is 24.3 Å². The summed E-state index contributed by atoms with van der Waals surface area (Å²) < 4.78 is 0. The third kappa shape index (κ3) is 3.97. The highest BCUT2D eigenvalue weighted by atomic mass is 16.1. The van der Waals surface area contributed by atoms with Crippen LogP contribution in [0.25, 0.3) is 0 Å². The molecule has 2 rings (SSSR count). The molecular formula is C16H25N3O. The van der Waals surface area contributed by atoms with Crippen LogP contribution in [-0.2, 0) is 0 Å². The van der Waals surface area contributed by atoms with Crippen LogP contribution < -0.4 is 16.0 Å². The Kier molecular flexibility index (Phi) is 5.41. The zero-order valence-electron chi connectivity index (χ0n) is 12.5. The van der Waals surface area contributed by atoms with Gasteiger partial charge in [0.2, 0.25) is 0 Å². The van der Waals surface area contributed by atoms with Gasteiger partial charge in [0.1, 0.15) is 0 Å². The van der Waals surface area contributed by atoms with E-state index in [-0.39, 0.29) is 5.91 Å². The summed E-state index contributed by atoms with van der Waals surface area (Å²) in [5.74, 6) is 0.749. The van der Waals surface area contributed by atoms with E-state index in [1.54, 1.807) is 0 Å². The Hall–Kier alpha value is -1.55. The van der Waals surface area contributed by atoms with Gasteiger partial charge in [-0.1, -0.05) is 0 Å². The Morgan fingerprint density at radius 1 is 1.35 bits per heavy atom. The van der Waals surface area contributed by atoms with Gasteiger partial charge in [-0.05, 0) is 69.5 Å². The molecule has 0 spiro atoms. The molecular weight excluding hydrogens is 250 g/mol. The fourth-order valence-corrected chi connectivity index (χ4v) is 2.61. The van der Waals surface area contributed by atoms with E-state index in [0.29, 0.717) is 6.54 Å². The van der Waals surface area contributed by atoms with Crippen LogP contribution in [0.5, 0.6) is 0 Å². The molecule has 0 unspecified atom stereocenters. The maximum atomic E-state index is 11.8. The monoisotopic (exact) mass is 275 g/mol. The molecule has 3 N–H and O–H groups in total. The van der Waals surface area contributed by atoms with E-state index in [1.165, 1.54) is 12.8 Å². The molecule has 4 heteroatoms. The number of piperidine rings is 1. The topological polar surface area (TPSA) is 53.2 Å².